The van der Waals surface area contributed by atoms with Crippen LogP contribution in [-0.4, -0.2) is 89.0 Å². The molecule has 428 valence electrons. The van der Waals surface area contributed by atoms with Crippen LogP contribution in [-0.2, 0) is 13.1 Å². The zero-order valence-corrected chi connectivity index (χ0v) is 50.5. The van der Waals surface area contributed by atoms with Crippen LogP contribution in [0.25, 0.3) is 22.3 Å². The van der Waals surface area contributed by atoms with Crippen LogP contribution in [0, 0.1) is 0 Å². The summed E-state index contributed by atoms with van der Waals surface area (Å²) in [5, 5.41) is 30.4. The summed E-state index contributed by atoms with van der Waals surface area (Å²) in [4.78, 5) is 59.3. The van der Waals surface area contributed by atoms with Crippen LogP contribution < -0.4 is 25.8 Å². The molecule has 0 aliphatic carbocycles. The molecule has 2 atom stereocenters. The van der Waals surface area contributed by atoms with Crippen LogP contribution in [0.4, 0.5) is 22.7 Å². The first-order valence-electron chi connectivity index (χ1n) is 26.2. The number of nitrogens with one attached hydrogen (secondary N) is 3. The van der Waals surface area contributed by atoms with Crippen LogP contribution in [0.5, 0.6) is 0 Å². The molecular weight excluding hydrogens is 1190 g/mol. The van der Waals surface area contributed by atoms with Crippen LogP contribution >= 0.6 is 66.1 Å². The fourth-order valence-corrected chi connectivity index (χ4v) is 10.1. The number of aliphatic hydroxyl groups excluding tert-OH is 2. The van der Waals surface area contributed by atoms with Crippen molar-refractivity contribution in [1.29, 1.82) is 0 Å². The SMILES string of the molecule is C=CCBr.C=CCN1Cc2ccccc2N(C(=O)c2ccc(NC(=O)c3ccccc3-c3ccccc3)cc2Cl)C[C@H]1CO.O=C(Nc1ccc(C(=O)N2C[C@@H](CO)NCc3ccccc32)c(Cl)c1)c1ccccc1-c1ccccc1.S.S. The van der Waals surface area contributed by atoms with E-state index in [9.17, 15) is 29.4 Å². The van der Waals surface area contributed by atoms with Gasteiger partial charge in [0.05, 0.1) is 40.4 Å². The van der Waals surface area contributed by atoms with Crippen LogP contribution in [0.3, 0.4) is 0 Å². The van der Waals surface area contributed by atoms with E-state index in [4.69, 9.17) is 23.2 Å². The molecule has 8 aromatic rings. The summed E-state index contributed by atoms with van der Waals surface area (Å²) in [6, 6.07) is 58.9. The fraction of sp³-hybridized carbons (Fsp3) is 0.152. The lowest BCUT2D eigenvalue weighted by Gasteiger charge is -2.30. The topological polar surface area (TPSA) is 155 Å². The van der Waals surface area contributed by atoms with Crippen molar-refractivity contribution in [3.63, 3.8) is 0 Å². The third-order valence-electron chi connectivity index (χ3n) is 13.7. The van der Waals surface area contributed by atoms with Crippen molar-refractivity contribution >= 4 is 113 Å². The van der Waals surface area contributed by atoms with Gasteiger partial charge in [0.25, 0.3) is 23.6 Å². The van der Waals surface area contributed by atoms with Gasteiger partial charge in [0.15, 0.2) is 0 Å². The predicted molar refractivity (Wildman–Crippen MR) is 353 cm³/mol. The van der Waals surface area contributed by atoms with E-state index in [1.807, 2.05) is 146 Å². The number of carbonyl (C=O) groups excluding carboxylic acids is 4. The average Bonchev–Trinajstić information content (AvgIpc) is 4.08. The Kier molecular flexibility index (Phi) is 25.0. The quantitative estimate of drug-likeness (QED) is 0.0565. The van der Waals surface area contributed by atoms with Crippen LogP contribution in [0.1, 0.15) is 52.6 Å². The van der Waals surface area contributed by atoms with Gasteiger partial charge in [-0.2, -0.15) is 27.0 Å². The Morgan fingerprint density at radius 2 is 0.988 bits per heavy atom. The first-order chi connectivity index (χ1) is 39.5. The Bertz CT molecular complexity index is 3530. The summed E-state index contributed by atoms with van der Waals surface area (Å²) in [6.07, 6.45) is 3.59. The van der Waals surface area contributed by atoms with Gasteiger partial charge in [0.2, 0.25) is 0 Å². The molecule has 0 unspecified atom stereocenters. The molecule has 2 aliphatic rings. The molecular formula is C66H65BrCl2N6O6S2. The molecule has 4 amide bonds. The fourth-order valence-electron chi connectivity index (χ4n) is 9.62. The van der Waals surface area contributed by atoms with Gasteiger partial charge in [0, 0.05) is 78.0 Å². The van der Waals surface area contributed by atoms with Gasteiger partial charge < -0.3 is 36.0 Å². The summed E-state index contributed by atoms with van der Waals surface area (Å²) < 4.78 is 0. The van der Waals surface area contributed by atoms with Crippen molar-refractivity contribution in [2.45, 2.75) is 25.2 Å². The maximum absolute atomic E-state index is 13.9. The Balaban J connectivity index is 0.000000245. The number of fused-ring (bicyclic) bond motifs is 2. The van der Waals surface area contributed by atoms with Gasteiger partial charge in [-0.1, -0.05) is 185 Å². The van der Waals surface area contributed by atoms with E-state index in [-0.39, 0.29) is 86.0 Å². The number of hydrogen-bond acceptors (Lipinski definition) is 8. The molecule has 0 saturated heterocycles. The molecule has 10 rings (SSSR count). The van der Waals surface area contributed by atoms with Gasteiger partial charge >= 0.3 is 0 Å². The number of amides is 4. The molecule has 17 heteroatoms. The molecule has 0 bridgehead atoms. The summed E-state index contributed by atoms with van der Waals surface area (Å²) >= 11 is 16.3. The highest BCUT2D eigenvalue weighted by Gasteiger charge is 2.32. The van der Waals surface area contributed by atoms with Gasteiger partial charge in [-0.15, -0.1) is 13.2 Å². The lowest BCUT2D eigenvalue weighted by molar-refractivity contribution is 0.0957. The summed E-state index contributed by atoms with van der Waals surface area (Å²) in [7, 11) is 0. The summed E-state index contributed by atoms with van der Waals surface area (Å²) in [5.41, 5.74) is 9.70. The highest BCUT2D eigenvalue weighted by atomic mass is 79.9. The van der Waals surface area contributed by atoms with Gasteiger partial charge in [-0.3, -0.25) is 24.1 Å². The van der Waals surface area contributed by atoms with Crippen LogP contribution in [0.2, 0.25) is 10.0 Å². The highest BCUT2D eigenvalue weighted by molar-refractivity contribution is 9.09. The number of rotatable bonds is 13. The van der Waals surface area contributed by atoms with Crippen molar-refractivity contribution in [3.8, 4) is 22.3 Å². The molecule has 0 aromatic heterocycles. The molecule has 2 aliphatic heterocycles. The third kappa shape index (κ3) is 16.3. The number of aliphatic hydroxyl groups is 2. The molecule has 0 spiro atoms. The zero-order chi connectivity index (χ0) is 57.3. The molecule has 0 radical (unpaired) electrons. The minimum Gasteiger partial charge on any atom is -0.395 e. The smallest absolute Gasteiger partial charge is 0.259 e. The number of halogens is 3. The molecule has 0 fully saturated rings. The summed E-state index contributed by atoms with van der Waals surface area (Å²) in [6.45, 7) is 9.39. The zero-order valence-electron chi connectivity index (χ0n) is 45.4. The van der Waals surface area contributed by atoms with Crippen molar-refractivity contribution < 1.29 is 29.4 Å². The molecule has 83 heavy (non-hydrogen) atoms. The molecule has 2 heterocycles. The monoisotopic (exact) mass is 1250 g/mol. The second-order valence-electron chi connectivity index (χ2n) is 19.0. The van der Waals surface area contributed by atoms with E-state index >= 15 is 0 Å². The lowest BCUT2D eigenvalue weighted by Crippen LogP contribution is -2.45. The normalized spacial score (nSPS) is 14.3. The summed E-state index contributed by atoms with van der Waals surface area (Å²) in [5.74, 6) is -1.09. The van der Waals surface area contributed by atoms with Gasteiger partial charge in [0.1, 0.15) is 0 Å². The standard InChI is InChI=1S/C33H30ClN3O3.C30H26ClN3O3.C3H5Br.2H2S/c1-2-18-36-20-24-12-6-9-15-31(24)37(21-26(36)22-38)33(40)29-17-16-25(19-30(29)34)35-32(39)28-14-8-7-13-27(28)23-10-4-3-5-11-23;31-27-16-22(33-29(36)25-12-6-5-11-24(25)20-8-2-1-3-9-20)14-15-26(27)30(37)34-18-23(19-35)32-17-21-10-4-7-13-28(21)34;1-2-3-4;;/h2-17,19,26,38H,1,18,20-22H2,(H,35,39);1-16,23,32,35H,17-19H2,(H,33,36);2H,1,3H2;2*1H2/t26-;23-;;;/m00.../s1. The first-order valence-corrected chi connectivity index (χ1v) is 28.1. The number of allylic oxidation sites excluding steroid dienone is 1. The van der Waals surface area contributed by atoms with E-state index in [2.05, 4.69) is 49.9 Å². The lowest BCUT2D eigenvalue weighted by atomic mass is 9.99. The second-order valence-corrected chi connectivity index (χ2v) is 20.4. The molecule has 12 nitrogen and oxygen atoms in total. The minimum absolute atomic E-state index is 0. The van der Waals surface area contributed by atoms with Crippen molar-refractivity contribution in [2.24, 2.45) is 0 Å². The van der Waals surface area contributed by atoms with Crippen molar-refractivity contribution in [3.05, 3.63) is 263 Å². The maximum atomic E-state index is 13.9. The number of carbonyl (C=O) groups is 4. The largest absolute Gasteiger partial charge is 0.395 e. The Morgan fingerprint density at radius 3 is 1.45 bits per heavy atom. The number of nitrogens with zero attached hydrogens (tertiary/aromatic N) is 3. The number of alkyl halides is 1. The Labute approximate surface area is 517 Å². The molecule has 0 saturated carbocycles. The van der Waals surface area contributed by atoms with Crippen LogP contribution in [0.15, 0.2) is 219 Å². The van der Waals surface area contributed by atoms with E-state index in [0.29, 0.717) is 66.4 Å². The van der Waals surface area contributed by atoms with E-state index in [1.165, 1.54) is 0 Å². The molecule has 5 N–H and O–H groups in total. The van der Waals surface area contributed by atoms with E-state index in [1.54, 1.807) is 70.5 Å². The van der Waals surface area contributed by atoms with Gasteiger partial charge in [-0.05, 0) is 94.0 Å². The second kappa shape index (κ2) is 32.0. The van der Waals surface area contributed by atoms with Crippen molar-refractivity contribution in [2.75, 3.05) is 58.6 Å². The average molecular weight is 1250 g/mol. The van der Waals surface area contributed by atoms with E-state index < -0.39 is 0 Å². The minimum atomic E-state index is -0.274. The van der Waals surface area contributed by atoms with Crippen molar-refractivity contribution in [1.82, 2.24) is 10.2 Å². The predicted octanol–water partition coefficient (Wildman–Crippen LogP) is 13.4. The number of hydrogen-bond donors (Lipinski definition) is 5. The Morgan fingerprint density at radius 1 is 0.554 bits per heavy atom. The molecule has 8 aromatic carbocycles. The first kappa shape index (κ1) is 64.9. The third-order valence-corrected chi connectivity index (χ3v) is 14.7. The van der Waals surface area contributed by atoms with E-state index in [0.717, 1.165) is 50.1 Å². The van der Waals surface area contributed by atoms with Gasteiger partial charge in [-0.25, -0.2) is 0 Å². The maximum Gasteiger partial charge on any atom is 0.259 e. The number of anilines is 4. The number of benzene rings is 8. The highest BCUT2D eigenvalue weighted by Crippen LogP contribution is 2.34. The number of para-hydroxylation sites is 2. The Hall–Kier alpha value is -7.28.